The Kier molecular flexibility index (Phi) is 5.05. The molecule has 2 aliphatic carbocycles. The predicted molar refractivity (Wildman–Crippen MR) is 127 cm³/mol. The summed E-state index contributed by atoms with van der Waals surface area (Å²) < 4.78 is 20.2. The number of amides is 2. The Labute approximate surface area is 202 Å². The van der Waals surface area contributed by atoms with Crippen LogP contribution in [0.4, 0.5) is 4.39 Å². The van der Waals surface area contributed by atoms with Crippen molar-refractivity contribution in [3.63, 3.8) is 0 Å². The zero-order chi connectivity index (χ0) is 24.3. The van der Waals surface area contributed by atoms with E-state index in [1.807, 2.05) is 11.8 Å². The van der Waals surface area contributed by atoms with E-state index in [0.29, 0.717) is 64.9 Å². The number of H-pyrrole nitrogens is 1. The lowest BCUT2D eigenvalue weighted by Crippen LogP contribution is -2.41. The van der Waals surface area contributed by atoms with E-state index in [-0.39, 0.29) is 23.3 Å². The summed E-state index contributed by atoms with van der Waals surface area (Å²) >= 11 is 0. The number of hydrogen-bond donors (Lipinski definition) is 2. The van der Waals surface area contributed by atoms with E-state index in [1.165, 1.54) is 18.5 Å². The van der Waals surface area contributed by atoms with Crippen LogP contribution >= 0.6 is 0 Å². The minimum atomic E-state index is -0.391. The van der Waals surface area contributed by atoms with Gasteiger partial charge in [-0.05, 0) is 56.7 Å². The number of rotatable bonds is 6. The lowest BCUT2D eigenvalue weighted by molar-refractivity contribution is -0.128. The third-order valence-electron chi connectivity index (χ3n) is 7.66. The lowest BCUT2D eigenvalue weighted by Gasteiger charge is -2.18. The molecule has 1 atom stereocenters. The van der Waals surface area contributed by atoms with Gasteiger partial charge in [-0.1, -0.05) is 0 Å². The molecule has 8 nitrogen and oxygen atoms in total. The van der Waals surface area contributed by atoms with Crippen molar-refractivity contribution in [2.75, 3.05) is 19.7 Å². The molecule has 2 amide bonds. The summed E-state index contributed by atoms with van der Waals surface area (Å²) in [6, 6.07) is 4.32. The molecule has 9 heteroatoms. The van der Waals surface area contributed by atoms with Crippen molar-refractivity contribution in [2.45, 2.75) is 45.6 Å². The number of aromatic nitrogens is 3. The number of carbonyl (C=O) groups excluding carboxylic acids is 2. The fourth-order valence-electron chi connectivity index (χ4n) is 5.21. The van der Waals surface area contributed by atoms with Crippen molar-refractivity contribution in [2.24, 2.45) is 11.3 Å². The Morgan fingerprint density at radius 3 is 2.80 bits per heavy atom. The molecular weight excluding hydrogens is 449 g/mol. The van der Waals surface area contributed by atoms with Gasteiger partial charge in [0.2, 0.25) is 5.91 Å². The average Bonchev–Trinajstić information content (AvgIpc) is 3.73. The van der Waals surface area contributed by atoms with Gasteiger partial charge in [-0.2, -0.15) is 0 Å². The fourth-order valence-corrected chi connectivity index (χ4v) is 5.21. The van der Waals surface area contributed by atoms with Crippen LogP contribution in [-0.4, -0.2) is 57.4 Å². The fraction of sp³-hybridized carbons (Fsp3) is 0.462. The first-order valence-electron chi connectivity index (χ1n) is 12.2. The van der Waals surface area contributed by atoms with E-state index >= 15 is 0 Å². The zero-order valence-corrected chi connectivity index (χ0v) is 19.9. The molecule has 6 rings (SSSR count). The SMILES string of the molecule is CC(=O)N1C[C@@H](NC(=O)c2c(C)[nH]c3c(-c4cc(F)ccc4OCC4CC4)ncnc23)C2(CC2)C1. The second-order valence-electron chi connectivity index (χ2n) is 10.3. The third-order valence-corrected chi connectivity index (χ3v) is 7.66. The summed E-state index contributed by atoms with van der Waals surface area (Å²) in [6.07, 6.45) is 5.70. The Balaban J connectivity index is 1.34. The van der Waals surface area contributed by atoms with Crippen LogP contribution in [0.15, 0.2) is 24.5 Å². The Morgan fingerprint density at radius 1 is 1.29 bits per heavy atom. The molecule has 2 aromatic heterocycles. The van der Waals surface area contributed by atoms with Crippen molar-refractivity contribution >= 4 is 22.8 Å². The van der Waals surface area contributed by atoms with Crippen LogP contribution in [0, 0.1) is 24.1 Å². The Morgan fingerprint density at radius 2 is 2.09 bits per heavy atom. The van der Waals surface area contributed by atoms with E-state index in [1.54, 1.807) is 13.0 Å². The number of ether oxygens (including phenoxy) is 1. The number of halogens is 1. The standard InChI is InChI=1S/C26H28FN5O3/c1-14-21(25(34)31-20-10-32(15(2)33)12-26(20)7-8-26)23-24(30-14)22(28-13-29-23)18-9-17(27)5-6-19(18)35-11-16-3-4-16/h5-6,9,13,16,20,30H,3-4,7-8,10-12H2,1-2H3,(H,31,34)/t20-/m1/s1. The van der Waals surface area contributed by atoms with Gasteiger partial charge >= 0.3 is 0 Å². The molecule has 1 aromatic carbocycles. The quantitative estimate of drug-likeness (QED) is 0.565. The number of fused-ring (bicyclic) bond motifs is 1. The van der Waals surface area contributed by atoms with E-state index < -0.39 is 5.82 Å². The van der Waals surface area contributed by atoms with Gasteiger partial charge < -0.3 is 19.9 Å². The van der Waals surface area contributed by atoms with Crippen LogP contribution in [-0.2, 0) is 4.79 Å². The van der Waals surface area contributed by atoms with Crippen LogP contribution < -0.4 is 10.1 Å². The van der Waals surface area contributed by atoms with E-state index in [2.05, 4.69) is 20.3 Å². The molecule has 2 N–H and O–H groups in total. The molecule has 3 aliphatic rings. The molecule has 2 saturated carbocycles. The number of aromatic amines is 1. The van der Waals surface area contributed by atoms with Crippen molar-refractivity contribution in [3.8, 4) is 17.0 Å². The van der Waals surface area contributed by atoms with Gasteiger partial charge in [-0.25, -0.2) is 14.4 Å². The van der Waals surface area contributed by atoms with E-state index in [4.69, 9.17) is 4.74 Å². The zero-order valence-electron chi connectivity index (χ0n) is 19.9. The summed E-state index contributed by atoms with van der Waals surface area (Å²) in [4.78, 5) is 39.3. The largest absolute Gasteiger partial charge is 0.493 e. The molecule has 3 aromatic rings. The molecular formula is C26H28FN5O3. The summed E-state index contributed by atoms with van der Waals surface area (Å²) in [5, 5.41) is 3.17. The molecule has 35 heavy (non-hydrogen) atoms. The lowest BCUT2D eigenvalue weighted by atomic mass is 10.0. The second-order valence-corrected chi connectivity index (χ2v) is 10.3. The minimum absolute atomic E-state index is 0.0170. The number of nitrogens with zero attached hydrogens (tertiary/aromatic N) is 3. The number of aryl methyl sites for hydroxylation is 1. The van der Waals surface area contributed by atoms with Gasteiger partial charge in [0.05, 0.1) is 23.7 Å². The third kappa shape index (κ3) is 3.92. The van der Waals surface area contributed by atoms with Gasteiger partial charge in [0.25, 0.3) is 5.91 Å². The van der Waals surface area contributed by atoms with Crippen molar-refractivity contribution in [3.05, 3.63) is 41.6 Å². The van der Waals surface area contributed by atoms with Crippen molar-refractivity contribution in [1.82, 2.24) is 25.2 Å². The first kappa shape index (κ1) is 22.0. The van der Waals surface area contributed by atoms with E-state index in [9.17, 15) is 14.0 Å². The summed E-state index contributed by atoms with van der Waals surface area (Å²) in [5.74, 6) is 0.513. The highest BCUT2D eigenvalue weighted by Gasteiger charge is 2.56. The smallest absolute Gasteiger partial charge is 0.255 e. The maximum atomic E-state index is 14.2. The molecule has 0 unspecified atom stereocenters. The molecule has 3 heterocycles. The van der Waals surface area contributed by atoms with Gasteiger partial charge in [-0.15, -0.1) is 0 Å². The normalized spacial score (nSPS) is 20.4. The number of likely N-dealkylation sites (tertiary alicyclic amines) is 1. The number of carbonyl (C=O) groups is 2. The van der Waals surface area contributed by atoms with Crippen molar-refractivity contribution < 1.29 is 18.7 Å². The maximum Gasteiger partial charge on any atom is 0.255 e. The summed E-state index contributed by atoms with van der Waals surface area (Å²) in [5.41, 5.74) is 3.14. The summed E-state index contributed by atoms with van der Waals surface area (Å²) in [7, 11) is 0. The van der Waals surface area contributed by atoms with E-state index in [0.717, 1.165) is 25.7 Å². The molecule has 0 bridgehead atoms. The second kappa shape index (κ2) is 8.03. The van der Waals surface area contributed by atoms with Crippen LogP contribution in [0.5, 0.6) is 5.75 Å². The summed E-state index contributed by atoms with van der Waals surface area (Å²) in [6.45, 7) is 5.19. The monoisotopic (exact) mass is 477 g/mol. The molecule has 3 fully saturated rings. The molecule has 1 spiro atoms. The van der Waals surface area contributed by atoms with Gasteiger partial charge in [0.1, 0.15) is 29.1 Å². The molecule has 182 valence electrons. The first-order chi connectivity index (χ1) is 16.8. The van der Waals surface area contributed by atoms with Crippen LogP contribution in [0.2, 0.25) is 0 Å². The number of benzene rings is 1. The predicted octanol–water partition coefficient (Wildman–Crippen LogP) is 3.60. The van der Waals surface area contributed by atoms with Gasteiger partial charge in [0, 0.05) is 36.7 Å². The van der Waals surface area contributed by atoms with Gasteiger partial charge in [-0.3, -0.25) is 9.59 Å². The minimum Gasteiger partial charge on any atom is -0.493 e. The Hall–Kier alpha value is -3.49. The van der Waals surface area contributed by atoms with Crippen LogP contribution in [0.1, 0.15) is 48.7 Å². The highest BCUT2D eigenvalue weighted by atomic mass is 19.1. The average molecular weight is 478 g/mol. The first-order valence-corrected chi connectivity index (χ1v) is 12.2. The highest BCUT2D eigenvalue weighted by Crippen LogP contribution is 2.53. The Bertz CT molecular complexity index is 1340. The van der Waals surface area contributed by atoms with Crippen LogP contribution in [0.3, 0.4) is 0 Å². The topological polar surface area (TPSA) is 100 Å². The van der Waals surface area contributed by atoms with Crippen molar-refractivity contribution in [1.29, 1.82) is 0 Å². The molecule has 0 radical (unpaired) electrons. The molecule has 1 saturated heterocycles. The number of hydrogen-bond acceptors (Lipinski definition) is 5. The molecule has 1 aliphatic heterocycles. The van der Waals surface area contributed by atoms with Gasteiger partial charge in [0.15, 0.2) is 0 Å². The van der Waals surface area contributed by atoms with Crippen LogP contribution in [0.25, 0.3) is 22.3 Å². The maximum absolute atomic E-state index is 14.2. The number of nitrogens with one attached hydrogen (secondary N) is 2. The highest BCUT2D eigenvalue weighted by molar-refractivity contribution is 6.09.